The number of nitrogens with zero attached hydrogens (tertiary/aromatic N) is 1. The normalized spacial score (nSPS) is 12.3. The second kappa shape index (κ2) is 5.97. The van der Waals surface area contributed by atoms with Crippen LogP contribution in [0.1, 0.15) is 19.4 Å². The van der Waals surface area contributed by atoms with Gasteiger partial charge in [0.1, 0.15) is 17.8 Å². The van der Waals surface area contributed by atoms with Crippen molar-refractivity contribution >= 4 is 28.4 Å². The predicted molar refractivity (Wildman–Crippen MR) is 89.2 cm³/mol. The van der Waals surface area contributed by atoms with Gasteiger partial charge in [-0.25, -0.2) is 9.98 Å². The maximum atomic E-state index is 6.28. The summed E-state index contributed by atoms with van der Waals surface area (Å²) in [5.74, 6) is 0.763. The zero-order valence-electron chi connectivity index (χ0n) is 13.0. The van der Waals surface area contributed by atoms with Gasteiger partial charge in [0, 0.05) is 18.2 Å². The molecule has 0 atom stereocenters. The molecule has 5 heteroatoms. The lowest BCUT2D eigenvalue weighted by Gasteiger charge is -2.10. The summed E-state index contributed by atoms with van der Waals surface area (Å²) >= 11 is 6.28. The van der Waals surface area contributed by atoms with Crippen molar-refractivity contribution in [2.24, 2.45) is 0 Å². The van der Waals surface area contributed by atoms with Crippen LogP contribution in [-0.4, -0.2) is 18.1 Å². The molecule has 1 aromatic rings. The summed E-state index contributed by atoms with van der Waals surface area (Å²) in [5, 5.41) is 4.95. The molecule has 1 aromatic carbocycles. The standard InChI is InChI=1S/C17H18ClN3O/c1-4-19-12-8-16-14(6-10(12)3)21-15-7-11(18)13(20-5-2)9-17(15)22-16/h6-9,20H,4-5H2,1-3H3/p+1. The fourth-order valence-electron chi connectivity index (χ4n) is 2.51. The highest BCUT2D eigenvalue weighted by molar-refractivity contribution is 6.34. The molecule has 0 spiro atoms. The van der Waals surface area contributed by atoms with Gasteiger partial charge in [0.15, 0.2) is 11.3 Å². The van der Waals surface area contributed by atoms with Crippen molar-refractivity contribution in [2.45, 2.75) is 20.8 Å². The maximum absolute atomic E-state index is 6.28. The Morgan fingerprint density at radius 2 is 2.05 bits per heavy atom. The number of rotatable bonds is 3. The minimum atomic E-state index is 0.650. The molecule has 1 aliphatic heterocycles. The van der Waals surface area contributed by atoms with Gasteiger partial charge in [-0.05, 0) is 32.9 Å². The van der Waals surface area contributed by atoms with E-state index in [1.54, 1.807) is 0 Å². The van der Waals surface area contributed by atoms with Gasteiger partial charge < -0.3 is 9.73 Å². The molecule has 0 saturated heterocycles. The van der Waals surface area contributed by atoms with Crippen LogP contribution in [0.3, 0.4) is 0 Å². The fraction of sp³-hybridized carbons (Fsp3) is 0.294. The van der Waals surface area contributed by atoms with Gasteiger partial charge >= 0.3 is 0 Å². The highest BCUT2D eigenvalue weighted by atomic mass is 35.5. The van der Waals surface area contributed by atoms with Crippen molar-refractivity contribution in [3.8, 4) is 11.5 Å². The Labute approximate surface area is 134 Å². The molecular formula is C17H19ClN3O+. The van der Waals surface area contributed by atoms with Crippen molar-refractivity contribution < 1.29 is 9.41 Å². The maximum Gasteiger partial charge on any atom is 0.205 e. The predicted octanol–water partition coefficient (Wildman–Crippen LogP) is 2.33. The zero-order chi connectivity index (χ0) is 15.7. The number of anilines is 1. The summed E-state index contributed by atoms with van der Waals surface area (Å²) in [6, 6.07) is 7.77. The second-order valence-corrected chi connectivity index (χ2v) is 5.62. The van der Waals surface area contributed by atoms with Crippen LogP contribution in [0.25, 0.3) is 22.6 Å². The molecule has 0 bridgehead atoms. The van der Waals surface area contributed by atoms with Gasteiger partial charge in [-0.2, -0.15) is 0 Å². The Kier molecular flexibility index (Phi) is 4.03. The molecule has 0 aromatic heterocycles. The first-order valence-corrected chi connectivity index (χ1v) is 7.85. The average Bonchev–Trinajstić information content (AvgIpc) is 2.48. The summed E-state index contributed by atoms with van der Waals surface area (Å²) in [7, 11) is 0. The van der Waals surface area contributed by atoms with Crippen molar-refractivity contribution in [2.75, 3.05) is 18.4 Å². The van der Waals surface area contributed by atoms with Crippen LogP contribution in [0.15, 0.2) is 28.7 Å². The molecular weight excluding hydrogens is 298 g/mol. The Morgan fingerprint density at radius 1 is 1.23 bits per heavy atom. The highest BCUT2D eigenvalue weighted by Gasteiger charge is 2.14. The molecule has 0 radical (unpaired) electrons. The van der Waals surface area contributed by atoms with E-state index in [1.165, 1.54) is 0 Å². The molecule has 4 nitrogen and oxygen atoms in total. The minimum Gasteiger partial charge on any atom is -0.452 e. The van der Waals surface area contributed by atoms with Crippen LogP contribution in [-0.2, 0) is 0 Å². The van der Waals surface area contributed by atoms with Crippen LogP contribution in [0.5, 0.6) is 0 Å². The second-order valence-electron chi connectivity index (χ2n) is 5.21. The minimum absolute atomic E-state index is 0.650. The van der Waals surface area contributed by atoms with Crippen molar-refractivity contribution in [1.82, 2.24) is 4.98 Å². The molecule has 3 rings (SSSR count). The van der Waals surface area contributed by atoms with E-state index in [1.807, 2.05) is 31.2 Å². The third kappa shape index (κ3) is 2.66. The molecule has 22 heavy (non-hydrogen) atoms. The van der Waals surface area contributed by atoms with Crippen LogP contribution in [0, 0.1) is 6.92 Å². The van der Waals surface area contributed by atoms with Gasteiger partial charge in [-0.1, -0.05) is 11.6 Å². The number of nitrogens with one attached hydrogen (secondary N) is 2. The molecule has 2 aliphatic rings. The number of benzene rings is 2. The molecule has 1 aliphatic carbocycles. The van der Waals surface area contributed by atoms with Crippen LogP contribution >= 0.6 is 11.6 Å². The quantitative estimate of drug-likeness (QED) is 0.729. The number of aryl methyl sites for hydroxylation is 1. The Morgan fingerprint density at radius 3 is 2.77 bits per heavy atom. The first-order valence-electron chi connectivity index (χ1n) is 7.48. The Hall–Kier alpha value is -2.07. The Balaban J connectivity index is 2.28. The average molecular weight is 317 g/mol. The number of fused-ring (bicyclic) bond motifs is 2. The lowest BCUT2D eigenvalue weighted by molar-refractivity contribution is -0.496. The molecule has 0 unspecified atom stereocenters. The summed E-state index contributed by atoms with van der Waals surface area (Å²) < 4.78 is 6.03. The summed E-state index contributed by atoms with van der Waals surface area (Å²) in [5.41, 5.74) is 4.32. The number of hydrogen-bond acceptors (Lipinski definition) is 3. The smallest absolute Gasteiger partial charge is 0.205 e. The monoisotopic (exact) mass is 316 g/mol. The van der Waals surface area contributed by atoms with Crippen LogP contribution in [0.4, 0.5) is 5.69 Å². The number of hydrogen-bond donors (Lipinski definition) is 2. The van der Waals surface area contributed by atoms with Crippen LogP contribution < -0.4 is 15.7 Å². The SMILES string of the molecule is CCNc1cc2oc3cc(=[NH+]CC)c(C)cc-3nc2cc1Cl. The van der Waals surface area contributed by atoms with E-state index in [0.717, 1.165) is 52.3 Å². The van der Waals surface area contributed by atoms with E-state index < -0.39 is 0 Å². The summed E-state index contributed by atoms with van der Waals surface area (Å²) in [6.07, 6.45) is 0. The summed E-state index contributed by atoms with van der Waals surface area (Å²) in [6.45, 7) is 7.83. The Bertz CT molecular complexity index is 870. The van der Waals surface area contributed by atoms with Crippen molar-refractivity contribution in [1.29, 1.82) is 0 Å². The highest BCUT2D eigenvalue weighted by Crippen LogP contribution is 2.30. The van der Waals surface area contributed by atoms with E-state index in [2.05, 4.69) is 29.1 Å². The topological polar surface area (TPSA) is 52.0 Å². The van der Waals surface area contributed by atoms with Gasteiger partial charge in [-0.15, -0.1) is 0 Å². The lowest BCUT2D eigenvalue weighted by atomic mass is 10.1. The third-order valence-electron chi connectivity index (χ3n) is 3.55. The van der Waals surface area contributed by atoms with Gasteiger partial charge in [-0.3, -0.25) is 0 Å². The van der Waals surface area contributed by atoms with E-state index in [0.29, 0.717) is 5.02 Å². The molecule has 0 saturated carbocycles. The third-order valence-corrected chi connectivity index (χ3v) is 3.86. The summed E-state index contributed by atoms with van der Waals surface area (Å²) in [4.78, 5) is 8.00. The first kappa shape index (κ1) is 14.9. The van der Waals surface area contributed by atoms with E-state index >= 15 is 0 Å². The molecule has 114 valence electrons. The first-order chi connectivity index (χ1) is 10.6. The lowest BCUT2D eigenvalue weighted by Crippen LogP contribution is -2.76. The molecule has 2 N–H and O–H groups in total. The van der Waals surface area contributed by atoms with Gasteiger partial charge in [0.05, 0.1) is 16.8 Å². The largest absolute Gasteiger partial charge is 0.452 e. The van der Waals surface area contributed by atoms with Crippen LogP contribution in [0.2, 0.25) is 5.02 Å². The van der Waals surface area contributed by atoms with Gasteiger partial charge in [0.25, 0.3) is 0 Å². The van der Waals surface area contributed by atoms with E-state index in [9.17, 15) is 0 Å². The van der Waals surface area contributed by atoms with Crippen molar-refractivity contribution in [3.05, 3.63) is 40.2 Å². The van der Waals surface area contributed by atoms with E-state index in [-0.39, 0.29) is 0 Å². The fourth-order valence-corrected chi connectivity index (χ4v) is 2.73. The molecule has 1 heterocycles. The van der Waals surface area contributed by atoms with Crippen molar-refractivity contribution in [3.63, 3.8) is 0 Å². The zero-order valence-corrected chi connectivity index (χ0v) is 13.7. The van der Waals surface area contributed by atoms with E-state index in [4.69, 9.17) is 16.0 Å². The number of aromatic nitrogens is 1. The number of halogens is 1. The molecule has 0 fully saturated rings. The molecule has 0 amide bonds. The van der Waals surface area contributed by atoms with Gasteiger partial charge in [0.2, 0.25) is 5.36 Å².